The first kappa shape index (κ1) is 14.7. The van der Waals surface area contributed by atoms with Crippen molar-refractivity contribution in [1.29, 1.82) is 0 Å². The number of hydrogen-bond donors (Lipinski definition) is 3. The fraction of sp³-hybridized carbons (Fsp3) is 0.818. The number of carbonyl (C=O) groups is 2. The minimum atomic E-state index is -0.838. The Morgan fingerprint density at radius 2 is 1.81 bits per heavy atom. The molecule has 0 aromatic rings. The summed E-state index contributed by atoms with van der Waals surface area (Å²) in [5.74, 6) is -0.325. The van der Waals surface area contributed by atoms with Crippen molar-refractivity contribution < 1.29 is 14.7 Å². The molecule has 3 N–H and O–H groups in total. The molecular weight excluding hydrogens is 208 g/mol. The van der Waals surface area contributed by atoms with E-state index in [4.69, 9.17) is 5.11 Å². The van der Waals surface area contributed by atoms with E-state index in [1.165, 1.54) is 0 Å². The summed E-state index contributed by atoms with van der Waals surface area (Å²) in [7, 11) is 0. The molecule has 0 heterocycles. The molecule has 0 rings (SSSR count). The number of carboxylic acids is 1. The van der Waals surface area contributed by atoms with Gasteiger partial charge in [0.1, 0.15) is 0 Å². The molecule has 1 atom stereocenters. The summed E-state index contributed by atoms with van der Waals surface area (Å²) in [6, 6.07) is -0.224. The van der Waals surface area contributed by atoms with Gasteiger partial charge >= 0.3 is 12.0 Å². The fourth-order valence-electron chi connectivity index (χ4n) is 1.17. The van der Waals surface area contributed by atoms with Gasteiger partial charge in [-0.05, 0) is 18.3 Å². The van der Waals surface area contributed by atoms with Crippen LogP contribution in [0, 0.1) is 11.8 Å². The van der Waals surface area contributed by atoms with Gasteiger partial charge in [-0.3, -0.25) is 4.79 Å². The minimum Gasteiger partial charge on any atom is -0.481 e. The lowest BCUT2D eigenvalue weighted by Gasteiger charge is -2.12. The van der Waals surface area contributed by atoms with Crippen molar-refractivity contribution in [2.75, 3.05) is 13.1 Å². The largest absolute Gasteiger partial charge is 0.481 e. The maximum atomic E-state index is 11.2. The third kappa shape index (κ3) is 9.30. The molecule has 0 bridgehead atoms. The monoisotopic (exact) mass is 230 g/mol. The van der Waals surface area contributed by atoms with E-state index in [9.17, 15) is 9.59 Å². The average Bonchev–Trinajstić information content (AvgIpc) is 2.13. The summed E-state index contributed by atoms with van der Waals surface area (Å²) in [6.07, 6.45) is 1.02. The Morgan fingerprint density at radius 3 is 2.31 bits per heavy atom. The first-order valence-electron chi connectivity index (χ1n) is 5.65. The van der Waals surface area contributed by atoms with Gasteiger partial charge in [-0.2, -0.15) is 0 Å². The van der Waals surface area contributed by atoms with Gasteiger partial charge in [-0.1, -0.05) is 20.8 Å². The highest BCUT2D eigenvalue weighted by atomic mass is 16.4. The molecule has 0 fully saturated rings. The number of carbonyl (C=O) groups excluding carboxylic acids is 1. The highest BCUT2D eigenvalue weighted by Crippen LogP contribution is 1.99. The molecule has 0 spiro atoms. The molecule has 2 amide bonds. The van der Waals surface area contributed by atoms with E-state index in [1.807, 2.05) is 0 Å². The molecule has 0 radical (unpaired) electrons. The molecule has 5 heteroatoms. The fourth-order valence-corrected chi connectivity index (χ4v) is 1.17. The second-order valence-electron chi connectivity index (χ2n) is 4.52. The molecule has 94 valence electrons. The molecule has 1 unspecified atom stereocenters. The molecule has 0 aromatic carbocycles. The highest BCUT2D eigenvalue weighted by Gasteiger charge is 2.08. The van der Waals surface area contributed by atoms with Gasteiger partial charge in [0.25, 0.3) is 0 Å². The lowest BCUT2D eigenvalue weighted by Crippen LogP contribution is -2.38. The normalized spacial score (nSPS) is 12.2. The van der Waals surface area contributed by atoms with Crippen molar-refractivity contribution in [2.24, 2.45) is 11.8 Å². The summed E-state index contributed by atoms with van der Waals surface area (Å²) >= 11 is 0. The van der Waals surface area contributed by atoms with E-state index < -0.39 is 5.97 Å². The summed E-state index contributed by atoms with van der Waals surface area (Å²) in [4.78, 5) is 21.6. The van der Waals surface area contributed by atoms with Gasteiger partial charge in [-0.25, -0.2) is 4.79 Å². The van der Waals surface area contributed by atoms with Crippen molar-refractivity contribution >= 4 is 12.0 Å². The van der Waals surface area contributed by atoms with E-state index in [2.05, 4.69) is 24.5 Å². The molecular formula is C11H22N2O3. The highest BCUT2D eigenvalue weighted by molar-refractivity contribution is 5.73. The predicted octanol–water partition coefficient (Wildman–Crippen LogP) is 1.44. The number of rotatable bonds is 7. The van der Waals surface area contributed by atoms with E-state index in [0.717, 1.165) is 6.42 Å². The van der Waals surface area contributed by atoms with Crippen LogP contribution in [0.25, 0.3) is 0 Å². The summed E-state index contributed by atoms with van der Waals surface area (Å²) < 4.78 is 0. The number of urea groups is 1. The van der Waals surface area contributed by atoms with Gasteiger partial charge in [0, 0.05) is 19.5 Å². The van der Waals surface area contributed by atoms with Gasteiger partial charge in [0.05, 0.1) is 0 Å². The summed E-state index contributed by atoms with van der Waals surface area (Å²) in [5.41, 5.74) is 0. The first-order valence-corrected chi connectivity index (χ1v) is 5.65. The molecule has 0 aliphatic rings. The quantitative estimate of drug-likeness (QED) is 0.619. The molecule has 0 saturated carbocycles. The number of hydrogen-bond acceptors (Lipinski definition) is 2. The summed E-state index contributed by atoms with van der Waals surface area (Å²) in [5, 5.41) is 13.9. The van der Waals surface area contributed by atoms with Gasteiger partial charge in [0.2, 0.25) is 0 Å². The number of amides is 2. The Morgan fingerprint density at radius 1 is 1.19 bits per heavy atom. The Kier molecular flexibility index (Phi) is 7.33. The number of nitrogens with one attached hydrogen (secondary N) is 2. The number of carboxylic acid groups (broad SMARTS) is 1. The van der Waals surface area contributed by atoms with Crippen molar-refractivity contribution in [3.63, 3.8) is 0 Å². The topological polar surface area (TPSA) is 78.4 Å². The SMILES string of the molecule is CC(C)CCNC(=O)NCC(C)CC(=O)O. The van der Waals surface area contributed by atoms with E-state index in [1.54, 1.807) is 6.92 Å². The van der Waals surface area contributed by atoms with Crippen LogP contribution >= 0.6 is 0 Å². The van der Waals surface area contributed by atoms with Gasteiger partial charge in [0.15, 0.2) is 0 Å². The van der Waals surface area contributed by atoms with Crippen LogP contribution in [0.4, 0.5) is 4.79 Å². The zero-order chi connectivity index (χ0) is 12.6. The third-order valence-corrected chi connectivity index (χ3v) is 2.14. The maximum absolute atomic E-state index is 11.2. The smallest absolute Gasteiger partial charge is 0.314 e. The van der Waals surface area contributed by atoms with Crippen LogP contribution in [-0.2, 0) is 4.79 Å². The Balaban J connectivity index is 3.53. The van der Waals surface area contributed by atoms with Crippen molar-refractivity contribution in [3.05, 3.63) is 0 Å². The zero-order valence-corrected chi connectivity index (χ0v) is 10.2. The molecule has 5 nitrogen and oxygen atoms in total. The Hall–Kier alpha value is -1.26. The lowest BCUT2D eigenvalue weighted by atomic mass is 10.1. The van der Waals surface area contributed by atoms with Crippen molar-refractivity contribution in [1.82, 2.24) is 10.6 Å². The zero-order valence-electron chi connectivity index (χ0n) is 10.2. The molecule has 0 aliphatic heterocycles. The van der Waals surface area contributed by atoms with Crippen LogP contribution in [-0.4, -0.2) is 30.2 Å². The van der Waals surface area contributed by atoms with E-state index in [0.29, 0.717) is 19.0 Å². The molecule has 0 aromatic heterocycles. The standard InChI is InChI=1S/C11H22N2O3/c1-8(2)4-5-12-11(16)13-7-9(3)6-10(14)15/h8-9H,4-7H2,1-3H3,(H,14,15)(H2,12,13,16). The van der Waals surface area contributed by atoms with Crippen LogP contribution < -0.4 is 10.6 Å². The van der Waals surface area contributed by atoms with E-state index in [-0.39, 0.29) is 18.4 Å². The molecule has 16 heavy (non-hydrogen) atoms. The average molecular weight is 230 g/mol. The summed E-state index contributed by atoms with van der Waals surface area (Å²) in [6.45, 7) is 7.02. The van der Waals surface area contributed by atoms with Crippen LogP contribution in [0.15, 0.2) is 0 Å². The van der Waals surface area contributed by atoms with Gasteiger partial charge in [-0.15, -0.1) is 0 Å². The Bertz CT molecular complexity index is 229. The Labute approximate surface area is 96.6 Å². The molecule has 0 aliphatic carbocycles. The second-order valence-corrected chi connectivity index (χ2v) is 4.52. The minimum absolute atomic E-state index is 0.0478. The number of aliphatic carboxylic acids is 1. The van der Waals surface area contributed by atoms with Crippen LogP contribution in [0.1, 0.15) is 33.6 Å². The van der Waals surface area contributed by atoms with E-state index >= 15 is 0 Å². The lowest BCUT2D eigenvalue weighted by molar-refractivity contribution is -0.137. The van der Waals surface area contributed by atoms with Crippen molar-refractivity contribution in [2.45, 2.75) is 33.6 Å². The first-order chi connectivity index (χ1) is 7.41. The van der Waals surface area contributed by atoms with Crippen LogP contribution in [0.5, 0.6) is 0 Å². The van der Waals surface area contributed by atoms with Crippen molar-refractivity contribution in [3.8, 4) is 0 Å². The van der Waals surface area contributed by atoms with Crippen LogP contribution in [0.3, 0.4) is 0 Å². The predicted molar refractivity (Wildman–Crippen MR) is 62.3 cm³/mol. The van der Waals surface area contributed by atoms with Crippen LogP contribution in [0.2, 0.25) is 0 Å². The van der Waals surface area contributed by atoms with Gasteiger partial charge < -0.3 is 15.7 Å². The molecule has 0 saturated heterocycles. The second kappa shape index (κ2) is 7.96. The maximum Gasteiger partial charge on any atom is 0.314 e. The third-order valence-electron chi connectivity index (χ3n) is 2.14.